The number of morpholine rings is 1. The van der Waals surface area contributed by atoms with Gasteiger partial charge in [-0.05, 0) is 43.9 Å². The molecule has 2 heterocycles. The number of sulfonamides is 1. The van der Waals surface area contributed by atoms with E-state index in [-0.39, 0.29) is 16.9 Å². The van der Waals surface area contributed by atoms with Crippen molar-refractivity contribution in [1.29, 1.82) is 0 Å². The van der Waals surface area contributed by atoms with Crippen molar-refractivity contribution in [3.63, 3.8) is 0 Å². The van der Waals surface area contributed by atoms with Gasteiger partial charge < -0.3 is 14.4 Å². The number of amides is 1. The summed E-state index contributed by atoms with van der Waals surface area (Å²) in [5.41, 5.74) is 1.13. The van der Waals surface area contributed by atoms with Crippen LogP contribution in [0.1, 0.15) is 42.6 Å². The number of aryl methyl sites for hydroxylation is 1. The van der Waals surface area contributed by atoms with Gasteiger partial charge in [0.15, 0.2) is 0 Å². The van der Waals surface area contributed by atoms with Crippen LogP contribution >= 0.6 is 0 Å². The zero-order valence-electron chi connectivity index (χ0n) is 16.7. The minimum absolute atomic E-state index is 0.0652. The third-order valence-corrected chi connectivity index (χ3v) is 7.38. The molecule has 7 nitrogen and oxygen atoms in total. The van der Waals surface area contributed by atoms with Crippen LogP contribution in [0.5, 0.6) is 0 Å². The zero-order valence-corrected chi connectivity index (χ0v) is 17.5. The molecule has 0 bridgehead atoms. The first-order valence-corrected chi connectivity index (χ1v) is 11.5. The number of nitrogens with zero attached hydrogens (tertiary/aromatic N) is 2. The summed E-state index contributed by atoms with van der Waals surface area (Å²) in [6.45, 7) is 7.14. The Kier molecular flexibility index (Phi) is 7.09. The molecule has 28 heavy (non-hydrogen) atoms. The van der Waals surface area contributed by atoms with Gasteiger partial charge in [0.2, 0.25) is 10.0 Å². The average molecular weight is 411 g/mol. The van der Waals surface area contributed by atoms with Crippen LogP contribution in [0, 0.1) is 0 Å². The lowest BCUT2D eigenvalue weighted by molar-refractivity contribution is 0.0539. The predicted octanol–water partition coefficient (Wildman–Crippen LogP) is 1.91. The molecule has 2 fully saturated rings. The van der Waals surface area contributed by atoms with E-state index in [2.05, 4.69) is 0 Å². The highest BCUT2D eigenvalue weighted by atomic mass is 32.2. The number of carbonyl (C=O) groups is 1. The second kappa shape index (κ2) is 9.35. The molecule has 0 radical (unpaired) electrons. The first-order chi connectivity index (χ1) is 13.5. The number of carbonyl (C=O) groups excluding carboxylic acids is 1. The van der Waals surface area contributed by atoms with E-state index in [1.165, 1.54) is 4.31 Å². The molecule has 2 saturated heterocycles. The van der Waals surface area contributed by atoms with Gasteiger partial charge in [-0.25, -0.2) is 8.42 Å². The van der Waals surface area contributed by atoms with Crippen LogP contribution in [0.25, 0.3) is 0 Å². The normalized spacial score (nSPS) is 21.0. The lowest BCUT2D eigenvalue weighted by Crippen LogP contribution is -2.41. The maximum absolute atomic E-state index is 13.2. The molecule has 3 rings (SSSR count). The standard InChI is InChI=1S/C20H30N2O5S/c1-3-16-7-8-17(20(23)21(4-2)15-18-6-5-11-27-18)14-19(16)28(24,25)22-9-12-26-13-10-22/h7-8,14,18H,3-6,9-13,15H2,1-2H3. The average Bonchev–Trinajstić information content (AvgIpc) is 3.25. The summed E-state index contributed by atoms with van der Waals surface area (Å²) in [5, 5.41) is 0. The number of benzene rings is 1. The number of likely N-dealkylation sites (N-methyl/N-ethyl adjacent to an activating group) is 1. The summed E-state index contributed by atoms with van der Waals surface area (Å²) < 4.78 is 38.8. The Morgan fingerprint density at radius 1 is 1.21 bits per heavy atom. The fourth-order valence-corrected chi connectivity index (χ4v) is 5.45. The fraction of sp³-hybridized carbons (Fsp3) is 0.650. The van der Waals surface area contributed by atoms with Gasteiger partial charge in [-0.15, -0.1) is 0 Å². The van der Waals surface area contributed by atoms with Crippen molar-refractivity contribution >= 4 is 15.9 Å². The summed E-state index contributed by atoms with van der Waals surface area (Å²) in [7, 11) is -3.66. The molecule has 2 aliphatic rings. The monoisotopic (exact) mass is 410 g/mol. The van der Waals surface area contributed by atoms with Gasteiger partial charge in [-0.2, -0.15) is 4.31 Å². The molecule has 8 heteroatoms. The summed E-state index contributed by atoms with van der Waals surface area (Å²) in [6.07, 6.45) is 2.62. The van der Waals surface area contributed by atoms with Gasteiger partial charge >= 0.3 is 0 Å². The van der Waals surface area contributed by atoms with Crippen LogP contribution < -0.4 is 0 Å². The molecule has 1 unspecified atom stereocenters. The Bertz CT molecular complexity index is 784. The molecule has 0 saturated carbocycles. The number of rotatable bonds is 7. The second-order valence-electron chi connectivity index (χ2n) is 7.17. The molecular formula is C20H30N2O5S. The topological polar surface area (TPSA) is 76.2 Å². The van der Waals surface area contributed by atoms with Crippen LogP contribution in [0.4, 0.5) is 0 Å². The minimum Gasteiger partial charge on any atom is -0.379 e. The highest BCUT2D eigenvalue weighted by molar-refractivity contribution is 7.89. The third kappa shape index (κ3) is 4.56. The number of ether oxygens (including phenoxy) is 2. The SMILES string of the molecule is CCc1ccc(C(=O)N(CC)CC2CCCO2)cc1S(=O)(=O)N1CCOCC1. The summed E-state index contributed by atoms with van der Waals surface area (Å²) >= 11 is 0. The Morgan fingerprint density at radius 3 is 2.57 bits per heavy atom. The van der Waals surface area contributed by atoms with Gasteiger partial charge in [0, 0.05) is 38.3 Å². The van der Waals surface area contributed by atoms with E-state index in [1.54, 1.807) is 23.1 Å². The van der Waals surface area contributed by atoms with Crippen molar-refractivity contribution in [2.75, 3.05) is 46.0 Å². The number of hydrogen-bond donors (Lipinski definition) is 0. The highest BCUT2D eigenvalue weighted by Crippen LogP contribution is 2.24. The molecule has 1 aromatic rings. The molecule has 2 aliphatic heterocycles. The van der Waals surface area contributed by atoms with Gasteiger partial charge in [-0.1, -0.05) is 13.0 Å². The van der Waals surface area contributed by atoms with Crippen molar-refractivity contribution in [3.8, 4) is 0 Å². The first kappa shape index (κ1) is 21.2. The van der Waals surface area contributed by atoms with E-state index in [1.807, 2.05) is 13.8 Å². The van der Waals surface area contributed by atoms with Crippen LogP contribution in [0.3, 0.4) is 0 Å². The summed E-state index contributed by atoms with van der Waals surface area (Å²) in [4.78, 5) is 15.0. The van der Waals surface area contributed by atoms with Crippen molar-refractivity contribution in [2.45, 2.75) is 44.1 Å². The molecule has 0 aromatic heterocycles. The Morgan fingerprint density at radius 2 is 1.96 bits per heavy atom. The maximum atomic E-state index is 13.2. The minimum atomic E-state index is -3.66. The van der Waals surface area contributed by atoms with Crippen molar-refractivity contribution < 1.29 is 22.7 Å². The predicted molar refractivity (Wildman–Crippen MR) is 106 cm³/mol. The molecule has 1 aromatic carbocycles. The molecule has 0 N–H and O–H groups in total. The van der Waals surface area contributed by atoms with Crippen molar-refractivity contribution in [3.05, 3.63) is 29.3 Å². The Hall–Kier alpha value is -1.48. The molecule has 1 amide bonds. The van der Waals surface area contributed by atoms with E-state index in [0.717, 1.165) is 25.0 Å². The zero-order chi connectivity index (χ0) is 20.1. The molecule has 156 valence electrons. The third-order valence-electron chi connectivity index (χ3n) is 5.40. The summed E-state index contributed by atoms with van der Waals surface area (Å²) in [5.74, 6) is -0.154. The smallest absolute Gasteiger partial charge is 0.253 e. The molecular weight excluding hydrogens is 380 g/mol. The van der Waals surface area contributed by atoms with E-state index in [0.29, 0.717) is 51.4 Å². The lowest BCUT2D eigenvalue weighted by atomic mass is 10.1. The molecule has 0 aliphatic carbocycles. The maximum Gasteiger partial charge on any atom is 0.253 e. The van der Waals surface area contributed by atoms with E-state index < -0.39 is 10.0 Å². The highest BCUT2D eigenvalue weighted by Gasteiger charge is 2.30. The van der Waals surface area contributed by atoms with Crippen LogP contribution in [0.2, 0.25) is 0 Å². The molecule has 1 atom stereocenters. The van der Waals surface area contributed by atoms with E-state index in [9.17, 15) is 13.2 Å². The van der Waals surface area contributed by atoms with Crippen molar-refractivity contribution in [1.82, 2.24) is 9.21 Å². The second-order valence-corrected chi connectivity index (χ2v) is 9.08. The van der Waals surface area contributed by atoms with E-state index in [4.69, 9.17) is 9.47 Å². The first-order valence-electron chi connectivity index (χ1n) is 10.1. The molecule has 0 spiro atoms. The van der Waals surface area contributed by atoms with Gasteiger partial charge in [0.25, 0.3) is 5.91 Å². The van der Waals surface area contributed by atoms with Crippen LogP contribution in [0.15, 0.2) is 23.1 Å². The van der Waals surface area contributed by atoms with Gasteiger partial charge in [0.05, 0.1) is 24.2 Å². The Labute approximate surface area is 167 Å². The quantitative estimate of drug-likeness (QED) is 0.686. The fourth-order valence-electron chi connectivity index (χ4n) is 3.72. The summed E-state index contributed by atoms with van der Waals surface area (Å²) in [6, 6.07) is 5.04. The van der Waals surface area contributed by atoms with Crippen molar-refractivity contribution in [2.24, 2.45) is 0 Å². The van der Waals surface area contributed by atoms with Crippen LogP contribution in [-0.2, 0) is 25.9 Å². The Balaban J connectivity index is 1.87. The van der Waals surface area contributed by atoms with Gasteiger partial charge in [0.1, 0.15) is 0 Å². The number of hydrogen-bond acceptors (Lipinski definition) is 5. The largest absolute Gasteiger partial charge is 0.379 e. The van der Waals surface area contributed by atoms with Gasteiger partial charge in [-0.3, -0.25) is 4.79 Å². The van der Waals surface area contributed by atoms with E-state index >= 15 is 0 Å². The van der Waals surface area contributed by atoms with Crippen LogP contribution in [-0.4, -0.2) is 75.6 Å². The lowest BCUT2D eigenvalue weighted by Gasteiger charge is -2.28.